The number of carbonyl (C=O) groups excluding carboxylic acids is 1. The van der Waals surface area contributed by atoms with Gasteiger partial charge in [0.05, 0.1) is 6.20 Å². The van der Waals surface area contributed by atoms with Crippen molar-refractivity contribution in [2.45, 2.75) is 44.1 Å². The number of hydrogen-bond donors (Lipinski definition) is 1. The molecule has 4 fully saturated rings. The fourth-order valence-corrected chi connectivity index (χ4v) is 5.72. The summed E-state index contributed by atoms with van der Waals surface area (Å²) in [6.45, 7) is 0. The molecular formula is C18H20FN3O. The number of rotatable bonds is 2. The van der Waals surface area contributed by atoms with Crippen LogP contribution in [0.25, 0.3) is 5.52 Å². The van der Waals surface area contributed by atoms with Crippen LogP contribution >= 0.6 is 0 Å². The molecule has 5 heteroatoms. The Balaban J connectivity index is 1.46. The van der Waals surface area contributed by atoms with Crippen molar-refractivity contribution in [1.29, 1.82) is 0 Å². The number of nitrogens with one attached hydrogen (secondary N) is 1. The minimum absolute atomic E-state index is 0.0506. The molecule has 120 valence electrons. The highest BCUT2D eigenvalue weighted by atomic mass is 19.1. The van der Waals surface area contributed by atoms with Crippen molar-refractivity contribution in [3.63, 3.8) is 0 Å². The highest BCUT2D eigenvalue weighted by molar-refractivity contribution is 5.92. The van der Waals surface area contributed by atoms with Gasteiger partial charge >= 0.3 is 0 Å². The highest BCUT2D eigenvalue weighted by Gasteiger charge is 2.51. The van der Waals surface area contributed by atoms with Crippen molar-refractivity contribution in [3.05, 3.63) is 36.2 Å². The van der Waals surface area contributed by atoms with Crippen molar-refractivity contribution in [2.24, 2.45) is 17.8 Å². The van der Waals surface area contributed by atoms with Crippen LogP contribution in [0.3, 0.4) is 0 Å². The lowest BCUT2D eigenvalue weighted by atomic mass is 9.53. The molecule has 0 spiro atoms. The molecule has 4 nitrogen and oxygen atoms in total. The lowest BCUT2D eigenvalue weighted by Crippen LogP contribution is -2.60. The van der Waals surface area contributed by atoms with E-state index in [-0.39, 0.29) is 23.1 Å². The summed E-state index contributed by atoms with van der Waals surface area (Å²) in [5.41, 5.74) is 0.300. The Bertz CT molecular complexity index is 761. The zero-order valence-electron chi connectivity index (χ0n) is 13.0. The molecule has 2 aromatic heterocycles. The maximum Gasteiger partial charge on any atom is 0.288 e. The van der Waals surface area contributed by atoms with Crippen LogP contribution in [0.15, 0.2) is 24.5 Å². The second-order valence-corrected chi connectivity index (χ2v) is 7.85. The highest BCUT2D eigenvalue weighted by Crippen LogP contribution is 2.55. The van der Waals surface area contributed by atoms with E-state index in [0.717, 1.165) is 37.0 Å². The van der Waals surface area contributed by atoms with Gasteiger partial charge in [-0.25, -0.2) is 9.37 Å². The molecule has 0 aromatic carbocycles. The molecule has 23 heavy (non-hydrogen) atoms. The molecule has 6 rings (SSSR count). The van der Waals surface area contributed by atoms with Crippen molar-refractivity contribution in [2.75, 3.05) is 0 Å². The Morgan fingerprint density at radius 2 is 1.87 bits per heavy atom. The number of fused-ring (bicyclic) bond motifs is 1. The number of halogens is 1. The average molecular weight is 313 g/mol. The number of imidazole rings is 1. The number of amides is 1. The van der Waals surface area contributed by atoms with Gasteiger partial charge in [-0.3, -0.25) is 9.20 Å². The molecule has 2 heterocycles. The van der Waals surface area contributed by atoms with Gasteiger partial charge in [0.25, 0.3) is 5.91 Å². The van der Waals surface area contributed by atoms with Crippen molar-refractivity contribution < 1.29 is 9.18 Å². The summed E-state index contributed by atoms with van der Waals surface area (Å²) in [4.78, 5) is 17.0. The number of hydrogen-bond acceptors (Lipinski definition) is 2. The first-order valence-corrected chi connectivity index (χ1v) is 8.56. The standard InChI is InChI=1S/C18H20FN3O/c19-14-2-1-3-22-15(14)10-20-16(22)17(23)21-18-7-11-4-12(8-18)6-13(5-11)9-18/h1-3,10-13H,4-9H2,(H,21,23). The predicted molar refractivity (Wildman–Crippen MR) is 83.5 cm³/mol. The van der Waals surface area contributed by atoms with Crippen LogP contribution in [0.1, 0.15) is 49.1 Å². The quantitative estimate of drug-likeness (QED) is 0.925. The van der Waals surface area contributed by atoms with Gasteiger partial charge in [0.1, 0.15) is 11.3 Å². The SMILES string of the molecule is O=C(NC12CC3CC(CC(C3)C1)C2)c1ncc2c(F)cccn12. The van der Waals surface area contributed by atoms with E-state index in [1.165, 1.54) is 31.5 Å². The molecule has 4 saturated carbocycles. The Hall–Kier alpha value is -1.91. The van der Waals surface area contributed by atoms with Gasteiger partial charge < -0.3 is 5.32 Å². The van der Waals surface area contributed by atoms with Gasteiger partial charge in [0.15, 0.2) is 0 Å². The fourth-order valence-electron chi connectivity index (χ4n) is 5.72. The summed E-state index contributed by atoms with van der Waals surface area (Å²) in [5.74, 6) is 2.09. The van der Waals surface area contributed by atoms with Gasteiger partial charge in [-0.05, 0) is 68.4 Å². The predicted octanol–water partition coefficient (Wildman–Crippen LogP) is 3.17. The van der Waals surface area contributed by atoms with Crippen molar-refractivity contribution >= 4 is 11.4 Å². The molecule has 4 bridgehead atoms. The zero-order valence-corrected chi connectivity index (χ0v) is 13.0. The largest absolute Gasteiger partial charge is 0.344 e. The second-order valence-electron chi connectivity index (χ2n) is 7.85. The van der Waals surface area contributed by atoms with Crippen LogP contribution in [0, 0.1) is 23.6 Å². The van der Waals surface area contributed by atoms with Crippen LogP contribution in [-0.2, 0) is 0 Å². The lowest BCUT2D eigenvalue weighted by Gasteiger charge is -2.56. The molecule has 4 aliphatic rings. The van der Waals surface area contributed by atoms with Crippen LogP contribution in [-0.4, -0.2) is 20.8 Å². The minimum Gasteiger partial charge on any atom is -0.344 e. The summed E-state index contributed by atoms with van der Waals surface area (Å²) in [5, 5.41) is 3.29. The summed E-state index contributed by atoms with van der Waals surface area (Å²) in [6.07, 6.45) is 10.4. The molecule has 0 saturated heterocycles. The Labute approximate surface area is 134 Å². The van der Waals surface area contributed by atoms with Crippen LogP contribution in [0.2, 0.25) is 0 Å². The number of nitrogens with zero attached hydrogens (tertiary/aromatic N) is 2. The molecular weight excluding hydrogens is 293 g/mol. The first kappa shape index (κ1) is 13.5. The molecule has 1 N–H and O–H groups in total. The summed E-state index contributed by atoms with van der Waals surface area (Å²) >= 11 is 0. The fraction of sp³-hybridized carbons (Fsp3) is 0.556. The molecule has 0 atom stereocenters. The van der Waals surface area contributed by atoms with Crippen LogP contribution in [0.5, 0.6) is 0 Å². The Morgan fingerprint density at radius 1 is 1.22 bits per heavy atom. The van der Waals surface area contributed by atoms with E-state index in [9.17, 15) is 9.18 Å². The summed E-state index contributed by atoms with van der Waals surface area (Å²) < 4.78 is 15.3. The van der Waals surface area contributed by atoms with Gasteiger partial charge in [-0.1, -0.05) is 0 Å². The van der Waals surface area contributed by atoms with E-state index in [4.69, 9.17) is 0 Å². The minimum atomic E-state index is -0.353. The van der Waals surface area contributed by atoms with Crippen molar-refractivity contribution in [3.8, 4) is 0 Å². The lowest BCUT2D eigenvalue weighted by molar-refractivity contribution is -0.0168. The van der Waals surface area contributed by atoms with Gasteiger partial charge in [-0.15, -0.1) is 0 Å². The van der Waals surface area contributed by atoms with Crippen LogP contribution < -0.4 is 5.32 Å². The maximum atomic E-state index is 13.8. The molecule has 4 aliphatic carbocycles. The normalized spacial score (nSPS) is 34.9. The third-order valence-electron chi connectivity index (χ3n) is 6.14. The third kappa shape index (κ3) is 2.02. The summed E-state index contributed by atoms with van der Waals surface area (Å²) in [7, 11) is 0. The van der Waals surface area contributed by atoms with Crippen LogP contribution in [0.4, 0.5) is 4.39 Å². The number of carbonyl (C=O) groups is 1. The molecule has 0 radical (unpaired) electrons. The Kier molecular flexibility index (Phi) is 2.68. The first-order chi connectivity index (χ1) is 11.1. The Morgan fingerprint density at radius 3 is 2.52 bits per heavy atom. The van der Waals surface area contributed by atoms with E-state index in [0.29, 0.717) is 5.52 Å². The number of aromatic nitrogens is 2. The second kappa shape index (κ2) is 4.56. The van der Waals surface area contributed by atoms with E-state index < -0.39 is 0 Å². The zero-order chi connectivity index (χ0) is 15.6. The van der Waals surface area contributed by atoms with Gasteiger partial charge in [0, 0.05) is 11.7 Å². The molecule has 2 aromatic rings. The van der Waals surface area contributed by atoms with Gasteiger partial charge in [0.2, 0.25) is 5.82 Å². The maximum absolute atomic E-state index is 13.8. The average Bonchev–Trinajstić information content (AvgIpc) is 2.90. The first-order valence-electron chi connectivity index (χ1n) is 8.56. The monoisotopic (exact) mass is 313 g/mol. The summed E-state index contributed by atoms with van der Waals surface area (Å²) in [6, 6.07) is 2.99. The van der Waals surface area contributed by atoms with E-state index in [1.807, 2.05) is 0 Å². The van der Waals surface area contributed by atoms with E-state index >= 15 is 0 Å². The molecule has 0 aliphatic heterocycles. The molecule has 0 unspecified atom stereocenters. The van der Waals surface area contributed by atoms with Crippen molar-refractivity contribution in [1.82, 2.24) is 14.7 Å². The third-order valence-corrected chi connectivity index (χ3v) is 6.14. The molecule has 1 amide bonds. The van der Waals surface area contributed by atoms with E-state index in [2.05, 4.69) is 10.3 Å². The van der Waals surface area contributed by atoms with Gasteiger partial charge in [-0.2, -0.15) is 0 Å². The number of pyridine rings is 1. The smallest absolute Gasteiger partial charge is 0.288 e. The van der Waals surface area contributed by atoms with E-state index in [1.54, 1.807) is 16.7 Å². The topological polar surface area (TPSA) is 46.4 Å².